The zero-order valence-corrected chi connectivity index (χ0v) is 14.6. The first-order valence-electron chi connectivity index (χ1n) is 8.17. The highest BCUT2D eigenvalue weighted by atomic mass is 16.7. The van der Waals surface area contributed by atoms with E-state index in [9.17, 15) is 14.4 Å². The van der Waals surface area contributed by atoms with E-state index in [0.717, 1.165) is 12.0 Å². The van der Waals surface area contributed by atoms with Crippen LogP contribution < -0.4 is 5.32 Å². The average molecular weight is 365 g/mol. The molecule has 1 atom stereocenters. The first-order valence-corrected chi connectivity index (χ1v) is 8.17. The zero-order valence-electron chi connectivity index (χ0n) is 14.6. The van der Waals surface area contributed by atoms with Crippen LogP contribution >= 0.6 is 0 Å². The Bertz CT molecular complexity index is 601. The van der Waals surface area contributed by atoms with Gasteiger partial charge in [0, 0.05) is 0 Å². The molecule has 0 bridgehead atoms. The summed E-state index contributed by atoms with van der Waals surface area (Å²) in [5, 5.41) is 11.2. The number of rotatable bonds is 10. The van der Waals surface area contributed by atoms with Crippen LogP contribution in [0.2, 0.25) is 0 Å². The smallest absolute Gasteiger partial charge is 0.480 e. The van der Waals surface area contributed by atoms with Crippen molar-refractivity contribution >= 4 is 18.2 Å². The van der Waals surface area contributed by atoms with Crippen molar-refractivity contribution in [3.05, 3.63) is 48.0 Å². The Balaban J connectivity index is 2.31. The van der Waals surface area contributed by atoms with Gasteiger partial charge in [-0.2, -0.15) is 0 Å². The lowest BCUT2D eigenvalue weighted by Crippen LogP contribution is -2.44. The highest BCUT2D eigenvalue weighted by Gasteiger charge is 2.23. The van der Waals surface area contributed by atoms with E-state index < -0.39 is 30.9 Å². The van der Waals surface area contributed by atoms with Crippen molar-refractivity contribution in [1.29, 1.82) is 0 Å². The standard InChI is InChI=1S/C18H23NO7/c1-2-3-4-8-11-24-18(23)26-13-15(16(20)21)19-17(22)25-12-14-9-6-5-7-10-14/h3-7,9-10,15H,2,8,11-13H2,1H3,(H,19,22)(H,20,21)/b4-3+. The molecule has 0 spiro atoms. The second-order valence-electron chi connectivity index (χ2n) is 5.17. The topological polar surface area (TPSA) is 111 Å². The van der Waals surface area contributed by atoms with Crippen molar-refractivity contribution in [2.24, 2.45) is 0 Å². The summed E-state index contributed by atoms with van der Waals surface area (Å²) in [6.07, 6.45) is 3.28. The molecule has 0 aliphatic rings. The number of carboxylic acids is 1. The van der Waals surface area contributed by atoms with E-state index in [0.29, 0.717) is 6.42 Å². The predicted octanol–water partition coefficient (Wildman–Crippen LogP) is 2.88. The number of hydrogen-bond acceptors (Lipinski definition) is 6. The van der Waals surface area contributed by atoms with Crippen LogP contribution in [0.5, 0.6) is 0 Å². The Labute approximate surface area is 151 Å². The number of hydrogen-bond donors (Lipinski definition) is 2. The van der Waals surface area contributed by atoms with E-state index in [1.54, 1.807) is 24.3 Å². The van der Waals surface area contributed by atoms with Gasteiger partial charge in [-0.3, -0.25) is 0 Å². The Morgan fingerprint density at radius 1 is 1.12 bits per heavy atom. The van der Waals surface area contributed by atoms with Gasteiger partial charge in [0.05, 0.1) is 6.61 Å². The van der Waals surface area contributed by atoms with E-state index in [2.05, 4.69) is 5.32 Å². The van der Waals surface area contributed by atoms with Crippen LogP contribution in [0.1, 0.15) is 25.3 Å². The highest BCUT2D eigenvalue weighted by molar-refractivity contribution is 5.80. The van der Waals surface area contributed by atoms with Gasteiger partial charge in [0.2, 0.25) is 0 Å². The molecule has 0 heterocycles. The molecule has 2 N–H and O–H groups in total. The van der Waals surface area contributed by atoms with Crippen LogP contribution in [-0.4, -0.2) is 42.6 Å². The number of carboxylic acid groups (broad SMARTS) is 1. The number of alkyl carbamates (subject to hydrolysis) is 1. The second kappa shape index (κ2) is 12.3. The summed E-state index contributed by atoms with van der Waals surface area (Å²) >= 11 is 0. The first-order chi connectivity index (χ1) is 12.5. The summed E-state index contributed by atoms with van der Waals surface area (Å²) in [4.78, 5) is 34.2. The van der Waals surface area contributed by atoms with E-state index in [1.807, 2.05) is 25.1 Å². The van der Waals surface area contributed by atoms with Crippen molar-refractivity contribution in [3.63, 3.8) is 0 Å². The maximum atomic E-state index is 11.7. The minimum Gasteiger partial charge on any atom is -0.480 e. The Kier molecular flexibility index (Phi) is 9.98. The molecular weight excluding hydrogens is 342 g/mol. The molecular formula is C18H23NO7. The number of carbonyl (C=O) groups is 3. The number of carbonyl (C=O) groups excluding carboxylic acids is 2. The fourth-order valence-electron chi connectivity index (χ4n) is 1.77. The molecule has 0 radical (unpaired) electrons. The summed E-state index contributed by atoms with van der Waals surface area (Å²) in [5.41, 5.74) is 0.756. The average Bonchev–Trinajstić information content (AvgIpc) is 2.63. The van der Waals surface area contributed by atoms with Gasteiger partial charge in [0.25, 0.3) is 0 Å². The maximum Gasteiger partial charge on any atom is 0.508 e. The molecule has 0 fully saturated rings. The molecule has 1 aromatic rings. The molecule has 8 heteroatoms. The minimum atomic E-state index is -1.44. The molecule has 0 aromatic heterocycles. The summed E-state index contributed by atoms with van der Waals surface area (Å²) in [6, 6.07) is 7.47. The molecule has 1 rings (SSSR count). The quantitative estimate of drug-likeness (QED) is 0.372. The normalized spacial score (nSPS) is 11.6. The molecule has 1 amide bonds. The van der Waals surface area contributed by atoms with Crippen molar-refractivity contribution in [1.82, 2.24) is 5.32 Å². The van der Waals surface area contributed by atoms with Gasteiger partial charge in [-0.05, 0) is 18.4 Å². The Hall–Kier alpha value is -3.03. The molecule has 0 aliphatic heterocycles. The van der Waals surface area contributed by atoms with Crippen molar-refractivity contribution in [2.45, 2.75) is 32.4 Å². The first kappa shape index (κ1) is 21.0. The highest BCUT2D eigenvalue weighted by Crippen LogP contribution is 2.01. The van der Waals surface area contributed by atoms with Gasteiger partial charge in [0.1, 0.15) is 13.2 Å². The summed E-state index contributed by atoms with van der Waals surface area (Å²) in [6.45, 7) is 1.53. The van der Waals surface area contributed by atoms with Crippen LogP contribution in [0.25, 0.3) is 0 Å². The third kappa shape index (κ3) is 9.31. The fourth-order valence-corrected chi connectivity index (χ4v) is 1.77. The number of ether oxygens (including phenoxy) is 3. The van der Waals surface area contributed by atoms with Crippen LogP contribution in [0, 0.1) is 0 Å². The van der Waals surface area contributed by atoms with Crippen LogP contribution in [0.4, 0.5) is 9.59 Å². The molecule has 0 saturated heterocycles. The number of amides is 1. The molecule has 26 heavy (non-hydrogen) atoms. The molecule has 1 aromatic carbocycles. The van der Waals surface area contributed by atoms with Gasteiger partial charge in [-0.25, -0.2) is 14.4 Å². The lowest BCUT2D eigenvalue weighted by Gasteiger charge is -2.14. The number of benzene rings is 1. The fraction of sp³-hybridized carbons (Fsp3) is 0.389. The van der Waals surface area contributed by atoms with Crippen molar-refractivity contribution < 1.29 is 33.7 Å². The summed E-state index contributed by atoms with van der Waals surface area (Å²) in [7, 11) is 0. The van der Waals surface area contributed by atoms with Crippen LogP contribution in [0.3, 0.4) is 0 Å². The molecule has 0 aliphatic carbocycles. The number of nitrogens with one attached hydrogen (secondary N) is 1. The maximum absolute atomic E-state index is 11.7. The molecule has 142 valence electrons. The van der Waals surface area contributed by atoms with Crippen molar-refractivity contribution in [2.75, 3.05) is 13.2 Å². The summed E-state index contributed by atoms with van der Waals surface area (Å²) in [5.74, 6) is -1.36. The largest absolute Gasteiger partial charge is 0.508 e. The lowest BCUT2D eigenvalue weighted by molar-refractivity contribution is -0.140. The minimum absolute atomic E-state index is 0.00676. The Morgan fingerprint density at radius 3 is 2.50 bits per heavy atom. The van der Waals surface area contributed by atoms with Gasteiger partial charge < -0.3 is 24.6 Å². The monoisotopic (exact) mass is 365 g/mol. The molecule has 8 nitrogen and oxygen atoms in total. The third-order valence-electron chi connectivity index (χ3n) is 3.08. The third-order valence-corrected chi connectivity index (χ3v) is 3.08. The van der Waals surface area contributed by atoms with Crippen LogP contribution in [-0.2, 0) is 25.6 Å². The molecule has 1 unspecified atom stereocenters. The van der Waals surface area contributed by atoms with Gasteiger partial charge >= 0.3 is 18.2 Å². The molecule has 0 saturated carbocycles. The lowest BCUT2D eigenvalue weighted by atomic mass is 10.2. The van der Waals surface area contributed by atoms with E-state index in [4.69, 9.17) is 19.3 Å². The number of allylic oxidation sites excluding steroid dienone is 1. The van der Waals surface area contributed by atoms with Gasteiger partial charge in [-0.1, -0.05) is 49.4 Å². The summed E-state index contributed by atoms with van der Waals surface area (Å²) < 4.78 is 14.4. The van der Waals surface area contributed by atoms with Gasteiger partial charge in [-0.15, -0.1) is 0 Å². The van der Waals surface area contributed by atoms with E-state index in [1.165, 1.54) is 0 Å². The van der Waals surface area contributed by atoms with E-state index >= 15 is 0 Å². The van der Waals surface area contributed by atoms with Gasteiger partial charge in [0.15, 0.2) is 6.04 Å². The second-order valence-corrected chi connectivity index (χ2v) is 5.17. The van der Waals surface area contributed by atoms with Crippen molar-refractivity contribution in [3.8, 4) is 0 Å². The predicted molar refractivity (Wildman–Crippen MR) is 92.5 cm³/mol. The zero-order chi connectivity index (χ0) is 19.2. The Morgan fingerprint density at radius 2 is 1.85 bits per heavy atom. The number of aliphatic carboxylic acids is 1. The van der Waals surface area contributed by atoms with Crippen LogP contribution in [0.15, 0.2) is 42.5 Å². The van der Waals surface area contributed by atoms with E-state index in [-0.39, 0.29) is 13.2 Å². The SMILES string of the molecule is CC/C=C/CCOC(=O)OCC(NC(=O)OCc1ccccc1)C(=O)O.